The number of carboxylic acid groups (broad SMARTS) is 1. The zero-order valence-corrected chi connectivity index (χ0v) is 66.3. The van der Waals surface area contributed by atoms with Crippen molar-refractivity contribution in [1.82, 2.24) is 0 Å². The van der Waals surface area contributed by atoms with Gasteiger partial charge in [-0.15, -0.1) is 0 Å². The van der Waals surface area contributed by atoms with Crippen molar-refractivity contribution in [2.45, 2.75) is 107 Å². The summed E-state index contributed by atoms with van der Waals surface area (Å²) in [5, 5.41) is 12.0. The van der Waals surface area contributed by atoms with Gasteiger partial charge in [0.25, 0.3) is 0 Å². The second-order valence-corrected chi connectivity index (χ2v) is 27.5. The number of nitrogens with zero attached hydrogens (tertiary/aromatic N) is 4. The van der Waals surface area contributed by atoms with E-state index in [1.54, 1.807) is 26.7 Å². The number of nitrogens with two attached hydrogens (primary N) is 1. The van der Waals surface area contributed by atoms with Crippen LogP contribution < -0.4 is 49.5 Å². The number of carboxylic acids is 1. The zero-order valence-electron chi connectivity index (χ0n) is 64.7. The van der Waals surface area contributed by atoms with Crippen molar-refractivity contribution in [1.29, 1.82) is 0 Å². The van der Waals surface area contributed by atoms with Crippen molar-refractivity contribution >= 4 is 97.5 Å². The van der Waals surface area contributed by atoms with Crippen LogP contribution in [0.3, 0.4) is 0 Å². The van der Waals surface area contributed by atoms with Crippen molar-refractivity contribution in [3.8, 4) is 0 Å². The smallest absolute Gasteiger partial charge is 0.870 e. The number of ether oxygens (including phenoxy) is 6. The van der Waals surface area contributed by atoms with Gasteiger partial charge in [0.15, 0.2) is 0 Å². The number of para-hydroxylation sites is 4. The van der Waals surface area contributed by atoms with Crippen LogP contribution in [0.1, 0.15) is 92.4 Å². The summed E-state index contributed by atoms with van der Waals surface area (Å²) < 4.78 is 142. The van der Waals surface area contributed by atoms with Crippen LogP contribution in [0.25, 0.3) is 0 Å². The quantitative estimate of drug-likeness (QED) is 0.0267. The summed E-state index contributed by atoms with van der Waals surface area (Å²) in [4.78, 5) is 105. The van der Waals surface area contributed by atoms with Gasteiger partial charge in [-0.3, -0.25) is 38.4 Å². The molecule has 4 aliphatic rings. The molecular weight excluding hydrogens is 1530 g/mol. The largest absolute Gasteiger partial charge is 1.00 e. The van der Waals surface area contributed by atoms with E-state index in [0.29, 0.717) is 29.8 Å². The number of carbonyl (C=O) groups is 8. The number of alkyl halides is 10. The van der Waals surface area contributed by atoms with Crippen molar-refractivity contribution in [2.75, 3.05) is 125 Å². The van der Waals surface area contributed by atoms with E-state index >= 15 is 0 Å². The molecule has 0 aliphatic carbocycles. The van der Waals surface area contributed by atoms with Gasteiger partial charge in [0, 0.05) is 114 Å². The third-order valence-electron chi connectivity index (χ3n) is 18.4. The van der Waals surface area contributed by atoms with Crippen LogP contribution in [0.4, 0.5) is 73.6 Å². The van der Waals surface area contributed by atoms with E-state index in [4.69, 9.17) is 29.4 Å². The van der Waals surface area contributed by atoms with Crippen molar-refractivity contribution < 1.29 is 136 Å². The van der Waals surface area contributed by atoms with Gasteiger partial charge >= 0.3 is 55.3 Å². The van der Waals surface area contributed by atoms with Crippen LogP contribution in [-0.4, -0.2) is 152 Å². The fraction of sp³-hybridized carbons (Fsp3) is 0.436. The molecule has 4 fully saturated rings. The van der Waals surface area contributed by atoms with Crippen LogP contribution in [0.2, 0.25) is 0 Å². The van der Waals surface area contributed by atoms with Gasteiger partial charge in [-0.05, 0) is 149 Å². The molecule has 4 unspecified atom stereocenters. The molecule has 111 heavy (non-hydrogen) atoms. The van der Waals surface area contributed by atoms with E-state index in [1.165, 1.54) is 48.5 Å². The molecule has 602 valence electrons. The number of aliphatic carboxylic acids is 1. The maximum Gasteiger partial charge on any atom is 1.00 e. The van der Waals surface area contributed by atoms with Gasteiger partial charge in [0.05, 0.1) is 62.1 Å². The van der Waals surface area contributed by atoms with E-state index in [2.05, 4.69) is 26.0 Å². The minimum atomic E-state index is -4.84. The number of hydrogen-bond donors (Lipinski definition) is 3. The Labute approximate surface area is 659 Å². The SMILES string of the molecule is COC(=O)C1CC(=O)N(c2c(C)cccc2C)C1.COCBr.COCC1(C(=O)Nc2cc(C)cc(C(F)(F)F)c2)CC(=O)N(c2c(C)cccc2C)C1.COCC1(C(=O)O)CC(=O)N(c2c(C)cccc2C)C1.COCC1(C(=O)OC)CC(=O)N(c2c(C)cccc2C)C1.Nc1cc(C(F)(F)F)cc(C(F)(F)F)c1.[Li+].[OH-]. The molecule has 0 aromatic heterocycles. The van der Waals surface area contributed by atoms with E-state index in [-0.39, 0.29) is 137 Å². The third kappa shape index (κ3) is 24.3. The zero-order chi connectivity index (χ0) is 82.1. The van der Waals surface area contributed by atoms with Crippen molar-refractivity contribution in [3.63, 3.8) is 0 Å². The molecule has 4 saturated heterocycles. The number of hydrogen-bond acceptors (Lipinski definition) is 16. The molecule has 6 aromatic rings. The van der Waals surface area contributed by atoms with Crippen LogP contribution in [0.5, 0.6) is 0 Å². The molecule has 0 spiro atoms. The monoisotopic (exact) mass is 1630 g/mol. The van der Waals surface area contributed by atoms with Gasteiger partial charge < -0.3 is 69.7 Å². The summed E-state index contributed by atoms with van der Waals surface area (Å²) in [6.45, 7) is 18.1. The van der Waals surface area contributed by atoms with Crippen molar-refractivity contribution in [2.24, 2.45) is 22.2 Å². The molecule has 5 amide bonds. The predicted octanol–water partition coefficient (Wildman–Crippen LogP) is 11.2. The summed E-state index contributed by atoms with van der Waals surface area (Å²) >= 11 is 3.03. The first-order valence-corrected chi connectivity index (χ1v) is 34.9. The van der Waals surface area contributed by atoms with Gasteiger partial charge in [0.2, 0.25) is 29.5 Å². The molecule has 4 heterocycles. The second kappa shape index (κ2) is 41.1. The maximum absolute atomic E-state index is 13.2. The number of methoxy groups -OCH3 is 6. The molecule has 33 heteroatoms. The number of nitrogen functional groups attached to an aromatic ring is 1. The summed E-state index contributed by atoms with van der Waals surface area (Å²) in [6, 6.07) is 27.5. The first-order chi connectivity index (χ1) is 50.9. The molecule has 6 aromatic carbocycles. The predicted molar refractivity (Wildman–Crippen MR) is 398 cm³/mol. The van der Waals surface area contributed by atoms with Crippen LogP contribution in [-0.2, 0) is 85.3 Å². The number of carbonyl (C=O) groups excluding carboxylic acids is 7. The summed E-state index contributed by atoms with van der Waals surface area (Å²) in [7, 11) is 8.73. The molecular formula is C78H93BrF9LiN6O16. The Balaban J connectivity index is 0.000000361. The topological polar surface area (TPSA) is 293 Å². The number of amides is 5. The summed E-state index contributed by atoms with van der Waals surface area (Å²) in [5.74, 6) is -3.06. The summed E-state index contributed by atoms with van der Waals surface area (Å²) in [6.07, 6.45) is -14.0. The Morgan fingerprint density at radius 1 is 0.486 bits per heavy atom. The third-order valence-corrected chi connectivity index (χ3v) is 18.9. The van der Waals surface area contributed by atoms with Crippen LogP contribution in [0.15, 0.2) is 109 Å². The van der Waals surface area contributed by atoms with Gasteiger partial charge in [-0.2, -0.15) is 39.5 Å². The number of rotatable bonds is 16. The Hall–Kier alpha value is -8.87. The molecule has 0 saturated carbocycles. The molecule has 0 bridgehead atoms. The average Bonchev–Trinajstić information content (AvgIpc) is 1.64. The van der Waals surface area contributed by atoms with E-state index in [0.717, 1.165) is 79.4 Å². The standard InChI is InChI=1S/C23H25F3N2O3.C16H21NO4.C15H19NO4.C14H17NO3.C8H5F6N.C2H5BrO.Li.H2O/c1-14-8-17(23(24,25)26)10-18(9-14)27-21(30)22(13-31-4)11-19(29)28(12-22)20-15(2)6-5-7-16(20)3;1-11-6-5-7-12(2)14(11)17-9-16(10-20-3,8-13(17)18)15(19)21-4;1-10-5-4-6-11(2)13(10)16-8-15(9-20-3,14(18)19)7-12(16)17;1-9-5-4-6-10(2)13(9)15-8-11(7-12(15)16)14(17)18-3;9-7(10,11)4-1-5(8(12,13)14)3-6(15)2-4;1-4-2-3;;/h5-10H,11-13H2,1-4H3,(H,27,30);5-7H,8-10H2,1-4H3;4-6H,7-9H2,1-3H3,(H,18,19);4-6,11H,7-8H2,1-3H3;1-3H,15H2;2H2,1H3;;1H2/q;;;;;;+1;/p-1. The number of anilines is 6. The number of aryl methyl sites for hydroxylation is 9. The van der Waals surface area contributed by atoms with Gasteiger partial charge in [0.1, 0.15) is 16.3 Å². The Bertz CT molecular complexity index is 4170. The molecule has 0 radical (unpaired) electrons. The van der Waals surface area contributed by atoms with E-state index in [9.17, 15) is 83.0 Å². The number of benzene rings is 6. The first-order valence-electron chi connectivity index (χ1n) is 33.8. The summed E-state index contributed by atoms with van der Waals surface area (Å²) in [5.41, 5.74) is 9.69. The number of halogens is 10. The fourth-order valence-corrected chi connectivity index (χ4v) is 13.5. The van der Waals surface area contributed by atoms with E-state index in [1.807, 2.05) is 128 Å². The van der Waals surface area contributed by atoms with Crippen LogP contribution in [0, 0.1) is 84.5 Å². The molecule has 5 N–H and O–H groups in total. The molecule has 10 rings (SSSR count). The average molecular weight is 1630 g/mol. The Morgan fingerprint density at radius 2 is 0.811 bits per heavy atom. The first kappa shape index (κ1) is 96.3. The van der Waals surface area contributed by atoms with Crippen molar-refractivity contribution in [3.05, 3.63) is 176 Å². The molecule has 4 atom stereocenters. The molecule has 4 aliphatic heterocycles. The number of nitrogens with one attached hydrogen (secondary N) is 1. The minimum Gasteiger partial charge on any atom is -0.870 e. The number of esters is 2. The van der Waals surface area contributed by atoms with Gasteiger partial charge in [-0.1, -0.05) is 88.7 Å². The maximum atomic E-state index is 13.2. The van der Waals surface area contributed by atoms with E-state index < -0.39 is 75.0 Å². The van der Waals surface area contributed by atoms with Crippen LogP contribution >= 0.6 is 15.9 Å². The normalized spacial score (nSPS) is 18.6. The van der Waals surface area contributed by atoms with Gasteiger partial charge in [-0.25, -0.2) is 0 Å². The molecule has 22 nitrogen and oxygen atoms in total. The Kier molecular flexibility index (Phi) is 35.6. The second-order valence-electron chi connectivity index (χ2n) is 27.1. The minimum absolute atomic E-state index is 0. The Morgan fingerprint density at radius 3 is 1.15 bits per heavy atom. The fourth-order valence-electron chi connectivity index (χ4n) is 13.5.